The molecule has 0 atom stereocenters. The second kappa shape index (κ2) is 4.88. The Hall–Kier alpha value is -1.35. The third kappa shape index (κ3) is 2.20. The molecular formula is C14H19NO2. The Labute approximate surface area is 102 Å². The van der Waals surface area contributed by atoms with Crippen molar-refractivity contribution in [3.63, 3.8) is 0 Å². The molecule has 1 aliphatic heterocycles. The van der Waals surface area contributed by atoms with Crippen LogP contribution in [0, 0.1) is 0 Å². The molecule has 0 aliphatic carbocycles. The highest BCUT2D eigenvalue weighted by atomic mass is 16.5. The van der Waals surface area contributed by atoms with Crippen molar-refractivity contribution in [3.05, 3.63) is 35.9 Å². The first-order valence-electron chi connectivity index (χ1n) is 6.02. The minimum Gasteiger partial charge on any atom is -0.381 e. The number of amides is 1. The number of carbonyl (C=O) groups is 1. The van der Waals surface area contributed by atoms with E-state index in [1.54, 1.807) is 4.90 Å². The summed E-state index contributed by atoms with van der Waals surface area (Å²) in [5.41, 5.74) is 0.727. The van der Waals surface area contributed by atoms with E-state index in [1.165, 1.54) is 0 Å². The van der Waals surface area contributed by atoms with Crippen molar-refractivity contribution in [3.8, 4) is 0 Å². The lowest BCUT2D eigenvalue weighted by atomic mass is 9.73. The maximum Gasteiger partial charge on any atom is 0.232 e. The lowest BCUT2D eigenvalue weighted by Crippen LogP contribution is -2.47. The molecule has 1 saturated heterocycles. The smallest absolute Gasteiger partial charge is 0.232 e. The summed E-state index contributed by atoms with van der Waals surface area (Å²) in [7, 11) is 3.64. The Balaban J connectivity index is 2.40. The predicted octanol–water partition coefficient (Wildman–Crippen LogP) is 1.82. The van der Waals surface area contributed by atoms with Gasteiger partial charge in [-0.15, -0.1) is 0 Å². The molecule has 0 N–H and O–H groups in total. The maximum absolute atomic E-state index is 12.5. The van der Waals surface area contributed by atoms with Gasteiger partial charge in [-0.3, -0.25) is 4.79 Å². The standard InChI is InChI=1S/C14H19NO2/c1-15(2)13(16)14(8-10-17-11-9-14)12-6-4-3-5-7-12/h3-7H,8-11H2,1-2H3. The van der Waals surface area contributed by atoms with Gasteiger partial charge in [0.2, 0.25) is 5.91 Å². The van der Waals surface area contributed by atoms with Crippen molar-refractivity contribution in [1.82, 2.24) is 4.90 Å². The van der Waals surface area contributed by atoms with Gasteiger partial charge in [0, 0.05) is 27.3 Å². The molecule has 1 fully saturated rings. The van der Waals surface area contributed by atoms with Gasteiger partial charge in [0.25, 0.3) is 0 Å². The zero-order valence-electron chi connectivity index (χ0n) is 10.5. The first-order valence-corrected chi connectivity index (χ1v) is 6.02. The van der Waals surface area contributed by atoms with Crippen molar-refractivity contribution in [1.29, 1.82) is 0 Å². The summed E-state index contributed by atoms with van der Waals surface area (Å²) in [6.45, 7) is 1.32. The van der Waals surface area contributed by atoms with E-state index >= 15 is 0 Å². The van der Waals surface area contributed by atoms with Crippen LogP contribution in [0.3, 0.4) is 0 Å². The number of hydrogen-bond acceptors (Lipinski definition) is 2. The highest BCUT2D eigenvalue weighted by Gasteiger charge is 2.42. The maximum atomic E-state index is 12.5. The number of benzene rings is 1. The average Bonchev–Trinajstić information content (AvgIpc) is 2.39. The third-order valence-corrected chi connectivity index (χ3v) is 3.49. The molecule has 0 radical (unpaired) electrons. The molecule has 0 aromatic heterocycles. The number of rotatable bonds is 2. The fourth-order valence-electron chi connectivity index (χ4n) is 2.53. The molecule has 1 aromatic carbocycles. The summed E-state index contributed by atoms with van der Waals surface area (Å²) >= 11 is 0. The normalized spacial score (nSPS) is 18.7. The van der Waals surface area contributed by atoms with Crippen LogP contribution < -0.4 is 0 Å². The van der Waals surface area contributed by atoms with Gasteiger partial charge in [0.05, 0.1) is 5.41 Å². The number of likely N-dealkylation sites (N-methyl/N-ethyl adjacent to an activating group) is 1. The van der Waals surface area contributed by atoms with Crippen LogP contribution in [0.15, 0.2) is 30.3 Å². The molecule has 1 heterocycles. The molecular weight excluding hydrogens is 214 g/mol. The first-order chi connectivity index (χ1) is 8.17. The molecule has 1 aliphatic rings. The molecule has 1 amide bonds. The van der Waals surface area contributed by atoms with Gasteiger partial charge in [-0.1, -0.05) is 30.3 Å². The fourth-order valence-corrected chi connectivity index (χ4v) is 2.53. The molecule has 3 heteroatoms. The summed E-state index contributed by atoms with van der Waals surface area (Å²) in [5, 5.41) is 0. The Morgan fingerprint density at radius 2 is 1.76 bits per heavy atom. The Kier molecular flexibility index (Phi) is 3.48. The zero-order valence-corrected chi connectivity index (χ0v) is 10.5. The molecule has 3 nitrogen and oxygen atoms in total. The average molecular weight is 233 g/mol. The lowest BCUT2D eigenvalue weighted by Gasteiger charge is -2.38. The minimum atomic E-state index is -0.386. The van der Waals surface area contributed by atoms with Crippen molar-refractivity contribution in [2.45, 2.75) is 18.3 Å². The van der Waals surface area contributed by atoms with Gasteiger partial charge in [-0.2, -0.15) is 0 Å². The highest BCUT2D eigenvalue weighted by Crippen LogP contribution is 2.36. The number of hydrogen-bond donors (Lipinski definition) is 0. The van der Waals surface area contributed by atoms with Gasteiger partial charge in [0.1, 0.15) is 0 Å². The van der Waals surface area contributed by atoms with E-state index < -0.39 is 0 Å². The summed E-state index contributed by atoms with van der Waals surface area (Å²) in [6.07, 6.45) is 1.54. The Morgan fingerprint density at radius 1 is 1.18 bits per heavy atom. The summed E-state index contributed by atoms with van der Waals surface area (Å²) in [4.78, 5) is 14.2. The molecule has 0 spiro atoms. The van der Waals surface area contributed by atoms with Crippen LogP contribution >= 0.6 is 0 Å². The number of nitrogens with zero attached hydrogens (tertiary/aromatic N) is 1. The summed E-state index contributed by atoms with van der Waals surface area (Å²) in [6, 6.07) is 10.1. The van der Waals surface area contributed by atoms with E-state index in [9.17, 15) is 4.79 Å². The largest absolute Gasteiger partial charge is 0.381 e. The second-order valence-electron chi connectivity index (χ2n) is 4.76. The van der Waals surface area contributed by atoms with Crippen LogP contribution in [0.2, 0.25) is 0 Å². The first kappa shape index (κ1) is 12.1. The monoisotopic (exact) mass is 233 g/mol. The molecule has 2 rings (SSSR count). The van der Waals surface area contributed by atoms with Gasteiger partial charge < -0.3 is 9.64 Å². The van der Waals surface area contributed by atoms with Crippen LogP contribution in [0.25, 0.3) is 0 Å². The van der Waals surface area contributed by atoms with E-state index in [0.717, 1.165) is 18.4 Å². The SMILES string of the molecule is CN(C)C(=O)C1(c2ccccc2)CCOCC1. The van der Waals surface area contributed by atoms with Crippen molar-refractivity contribution in [2.24, 2.45) is 0 Å². The van der Waals surface area contributed by atoms with Gasteiger partial charge in [-0.05, 0) is 18.4 Å². The van der Waals surface area contributed by atoms with Gasteiger partial charge >= 0.3 is 0 Å². The van der Waals surface area contributed by atoms with E-state index in [1.807, 2.05) is 44.4 Å². The van der Waals surface area contributed by atoms with Crippen LogP contribution in [0.1, 0.15) is 18.4 Å². The van der Waals surface area contributed by atoms with E-state index in [4.69, 9.17) is 4.74 Å². The minimum absolute atomic E-state index is 0.187. The van der Waals surface area contributed by atoms with E-state index in [-0.39, 0.29) is 11.3 Å². The summed E-state index contributed by atoms with van der Waals surface area (Å²) in [5.74, 6) is 0.187. The summed E-state index contributed by atoms with van der Waals surface area (Å²) < 4.78 is 5.41. The zero-order chi connectivity index (χ0) is 12.3. The Bertz CT molecular complexity index is 380. The quantitative estimate of drug-likeness (QED) is 0.780. The predicted molar refractivity (Wildman–Crippen MR) is 66.9 cm³/mol. The van der Waals surface area contributed by atoms with Gasteiger partial charge in [-0.25, -0.2) is 0 Å². The van der Waals surface area contributed by atoms with Crippen molar-refractivity contribution >= 4 is 5.91 Å². The highest BCUT2D eigenvalue weighted by molar-refractivity contribution is 5.88. The second-order valence-corrected chi connectivity index (χ2v) is 4.76. The molecule has 1 aromatic rings. The van der Waals surface area contributed by atoms with E-state index in [0.29, 0.717) is 13.2 Å². The fraction of sp³-hybridized carbons (Fsp3) is 0.500. The van der Waals surface area contributed by atoms with Gasteiger partial charge in [0.15, 0.2) is 0 Å². The number of ether oxygens (including phenoxy) is 1. The lowest BCUT2D eigenvalue weighted by molar-refractivity contribution is -0.138. The molecule has 92 valence electrons. The van der Waals surface area contributed by atoms with Crippen molar-refractivity contribution < 1.29 is 9.53 Å². The van der Waals surface area contributed by atoms with E-state index in [2.05, 4.69) is 0 Å². The Morgan fingerprint density at radius 3 is 2.29 bits per heavy atom. The van der Waals surface area contributed by atoms with Crippen LogP contribution in [0.5, 0.6) is 0 Å². The molecule has 0 bridgehead atoms. The van der Waals surface area contributed by atoms with Crippen LogP contribution in [-0.4, -0.2) is 38.1 Å². The van der Waals surface area contributed by atoms with Crippen LogP contribution in [0.4, 0.5) is 0 Å². The molecule has 17 heavy (non-hydrogen) atoms. The third-order valence-electron chi connectivity index (χ3n) is 3.49. The molecule has 0 saturated carbocycles. The van der Waals surface area contributed by atoms with Crippen LogP contribution in [-0.2, 0) is 14.9 Å². The number of carbonyl (C=O) groups excluding carboxylic acids is 1. The van der Waals surface area contributed by atoms with Crippen molar-refractivity contribution in [2.75, 3.05) is 27.3 Å². The molecule has 0 unspecified atom stereocenters. The topological polar surface area (TPSA) is 29.5 Å².